The lowest BCUT2D eigenvalue weighted by Crippen LogP contribution is -2.12. The number of rotatable bonds is 3. The summed E-state index contributed by atoms with van der Waals surface area (Å²) >= 11 is 5.95. The molecule has 0 aliphatic rings. The van der Waals surface area contributed by atoms with Crippen LogP contribution in [0.1, 0.15) is 21.5 Å². The zero-order valence-electron chi connectivity index (χ0n) is 11.5. The molecule has 0 bridgehead atoms. The third-order valence-electron chi connectivity index (χ3n) is 3.18. The number of nitro groups is 1. The van der Waals surface area contributed by atoms with E-state index in [-0.39, 0.29) is 22.3 Å². The monoisotopic (exact) mass is 304 g/mol. The molecule has 0 radical (unpaired) electrons. The molecule has 2 aromatic rings. The number of benzene rings is 2. The van der Waals surface area contributed by atoms with Gasteiger partial charge in [-0.2, -0.15) is 0 Å². The lowest BCUT2D eigenvalue weighted by molar-refractivity contribution is -0.384. The minimum atomic E-state index is -0.540. The van der Waals surface area contributed by atoms with Gasteiger partial charge in [-0.15, -0.1) is 0 Å². The lowest BCUT2D eigenvalue weighted by Gasteiger charge is -2.08. The van der Waals surface area contributed by atoms with Gasteiger partial charge < -0.3 is 5.32 Å². The molecule has 2 aromatic carbocycles. The molecule has 2 rings (SSSR count). The summed E-state index contributed by atoms with van der Waals surface area (Å²) in [5.41, 5.74) is 2.64. The molecule has 0 atom stereocenters. The van der Waals surface area contributed by atoms with E-state index >= 15 is 0 Å². The van der Waals surface area contributed by atoms with E-state index < -0.39 is 4.92 Å². The standard InChI is InChI=1S/C15H13ClN2O3/c1-9-3-4-11(7-10(9)2)15(19)17-14-8-12(18(20)21)5-6-13(14)16/h3-8H,1-2H3,(H,17,19). The normalized spacial score (nSPS) is 10.2. The topological polar surface area (TPSA) is 72.2 Å². The number of nitro benzene ring substituents is 1. The van der Waals surface area contributed by atoms with E-state index in [1.54, 1.807) is 12.1 Å². The molecule has 0 aliphatic heterocycles. The number of halogens is 1. The molecule has 21 heavy (non-hydrogen) atoms. The number of amides is 1. The van der Waals surface area contributed by atoms with Crippen molar-refractivity contribution < 1.29 is 9.72 Å². The van der Waals surface area contributed by atoms with E-state index in [2.05, 4.69) is 5.32 Å². The van der Waals surface area contributed by atoms with E-state index in [1.807, 2.05) is 19.9 Å². The first-order chi connectivity index (χ1) is 9.88. The molecule has 0 fully saturated rings. The minimum Gasteiger partial charge on any atom is -0.320 e. The van der Waals surface area contributed by atoms with Crippen molar-refractivity contribution >= 4 is 28.9 Å². The Bertz CT molecular complexity index is 729. The predicted molar refractivity (Wildman–Crippen MR) is 82.0 cm³/mol. The molecule has 0 heterocycles. The molecule has 0 saturated carbocycles. The van der Waals surface area contributed by atoms with Gasteiger partial charge in [-0.05, 0) is 43.2 Å². The molecule has 108 valence electrons. The summed E-state index contributed by atoms with van der Waals surface area (Å²) in [5, 5.41) is 13.6. The number of hydrogen-bond acceptors (Lipinski definition) is 3. The molecular weight excluding hydrogens is 292 g/mol. The summed E-state index contributed by atoms with van der Waals surface area (Å²) in [6.45, 7) is 3.86. The maximum Gasteiger partial charge on any atom is 0.271 e. The second-order valence-electron chi connectivity index (χ2n) is 4.67. The van der Waals surface area contributed by atoms with Crippen LogP contribution in [-0.4, -0.2) is 10.8 Å². The highest BCUT2D eigenvalue weighted by Crippen LogP contribution is 2.27. The number of nitrogens with zero attached hydrogens (tertiary/aromatic N) is 1. The second-order valence-corrected chi connectivity index (χ2v) is 5.08. The zero-order chi connectivity index (χ0) is 15.6. The van der Waals surface area contributed by atoms with Crippen LogP contribution < -0.4 is 5.32 Å². The van der Waals surface area contributed by atoms with E-state index in [0.717, 1.165) is 11.1 Å². The summed E-state index contributed by atoms with van der Waals surface area (Å²) in [6, 6.07) is 9.21. The molecule has 0 aliphatic carbocycles. The van der Waals surface area contributed by atoms with Crippen molar-refractivity contribution in [1.29, 1.82) is 0 Å². The van der Waals surface area contributed by atoms with Crippen LogP contribution >= 0.6 is 11.6 Å². The smallest absolute Gasteiger partial charge is 0.271 e. The van der Waals surface area contributed by atoms with Gasteiger partial charge in [0, 0.05) is 17.7 Å². The van der Waals surface area contributed by atoms with Gasteiger partial charge in [0.1, 0.15) is 0 Å². The fraction of sp³-hybridized carbons (Fsp3) is 0.133. The van der Waals surface area contributed by atoms with Gasteiger partial charge in [-0.3, -0.25) is 14.9 Å². The Hall–Kier alpha value is -2.40. The highest BCUT2D eigenvalue weighted by Gasteiger charge is 2.13. The van der Waals surface area contributed by atoms with Crippen molar-refractivity contribution in [3.8, 4) is 0 Å². The Kier molecular flexibility index (Phi) is 4.23. The average molecular weight is 305 g/mol. The zero-order valence-corrected chi connectivity index (χ0v) is 12.3. The van der Waals surface area contributed by atoms with Crippen molar-refractivity contribution in [2.24, 2.45) is 0 Å². The molecule has 5 nitrogen and oxygen atoms in total. The average Bonchev–Trinajstić information content (AvgIpc) is 2.43. The maximum absolute atomic E-state index is 12.2. The Labute approximate surface area is 126 Å². The van der Waals surface area contributed by atoms with E-state index in [4.69, 9.17) is 11.6 Å². The number of nitrogens with one attached hydrogen (secondary N) is 1. The minimum absolute atomic E-state index is 0.130. The van der Waals surface area contributed by atoms with Crippen LogP contribution in [0.2, 0.25) is 5.02 Å². The summed E-state index contributed by atoms with van der Waals surface area (Å²) in [5.74, 6) is -0.361. The van der Waals surface area contributed by atoms with Crippen LogP contribution in [-0.2, 0) is 0 Å². The maximum atomic E-state index is 12.2. The summed E-state index contributed by atoms with van der Waals surface area (Å²) in [4.78, 5) is 22.4. The highest BCUT2D eigenvalue weighted by molar-refractivity contribution is 6.34. The Morgan fingerprint density at radius 2 is 1.86 bits per heavy atom. The summed E-state index contributed by atoms with van der Waals surface area (Å²) in [6.07, 6.45) is 0. The van der Waals surface area contributed by atoms with Gasteiger partial charge in [0.05, 0.1) is 15.6 Å². The third kappa shape index (κ3) is 3.38. The molecule has 0 unspecified atom stereocenters. The highest BCUT2D eigenvalue weighted by atomic mass is 35.5. The summed E-state index contributed by atoms with van der Waals surface area (Å²) in [7, 11) is 0. The Morgan fingerprint density at radius 1 is 1.14 bits per heavy atom. The molecule has 1 amide bonds. The summed E-state index contributed by atoms with van der Waals surface area (Å²) < 4.78 is 0. The van der Waals surface area contributed by atoms with Crippen LogP contribution in [0.3, 0.4) is 0 Å². The van der Waals surface area contributed by atoms with Gasteiger partial charge in [-0.1, -0.05) is 17.7 Å². The van der Waals surface area contributed by atoms with Crippen molar-refractivity contribution in [1.82, 2.24) is 0 Å². The number of carbonyl (C=O) groups excluding carboxylic acids is 1. The Balaban J connectivity index is 2.28. The van der Waals surface area contributed by atoms with Crippen LogP contribution in [0, 0.1) is 24.0 Å². The first-order valence-corrected chi connectivity index (χ1v) is 6.59. The van der Waals surface area contributed by atoms with Crippen LogP contribution in [0.25, 0.3) is 0 Å². The first kappa shape index (κ1) is 15.0. The largest absolute Gasteiger partial charge is 0.320 e. The van der Waals surface area contributed by atoms with Gasteiger partial charge >= 0.3 is 0 Å². The van der Waals surface area contributed by atoms with Crippen molar-refractivity contribution in [3.63, 3.8) is 0 Å². The molecule has 0 saturated heterocycles. The lowest BCUT2D eigenvalue weighted by atomic mass is 10.1. The van der Waals surface area contributed by atoms with Crippen LogP contribution in [0.5, 0.6) is 0 Å². The fourth-order valence-corrected chi connectivity index (χ4v) is 1.96. The van der Waals surface area contributed by atoms with Crippen LogP contribution in [0.4, 0.5) is 11.4 Å². The number of hydrogen-bond donors (Lipinski definition) is 1. The van der Waals surface area contributed by atoms with Crippen molar-refractivity contribution in [3.05, 3.63) is 68.2 Å². The number of anilines is 1. The van der Waals surface area contributed by atoms with Crippen molar-refractivity contribution in [2.75, 3.05) is 5.32 Å². The molecular formula is C15H13ClN2O3. The number of non-ortho nitro benzene ring substituents is 1. The van der Waals surface area contributed by atoms with Gasteiger partial charge in [0.2, 0.25) is 0 Å². The van der Waals surface area contributed by atoms with E-state index in [9.17, 15) is 14.9 Å². The molecule has 0 aromatic heterocycles. The van der Waals surface area contributed by atoms with E-state index in [1.165, 1.54) is 18.2 Å². The van der Waals surface area contributed by atoms with Gasteiger partial charge in [0.25, 0.3) is 11.6 Å². The first-order valence-electron chi connectivity index (χ1n) is 6.21. The van der Waals surface area contributed by atoms with Gasteiger partial charge in [0.15, 0.2) is 0 Å². The quantitative estimate of drug-likeness (QED) is 0.685. The van der Waals surface area contributed by atoms with Crippen molar-refractivity contribution in [2.45, 2.75) is 13.8 Å². The SMILES string of the molecule is Cc1ccc(C(=O)Nc2cc([N+](=O)[O-])ccc2Cl)cc1C. The Morgan fingerprint density at radius 3 is 2.48 bits per heavy atom. The second kappa shape index (κ2) is 5.93. The van der Waals surface area contributed by atoms with E-state index in [0.29, 0.717) is 5.56 Å². The predicted octanol–water partition coefficient (Wildman–Crippen LogP) is 4.12. The molecule has 6 heteroatoms. The molecule has 0 spiro atoms. The van der Waals surface area contributed by atoms with Gasteiger partial charge in [-0.25, -0.2) is 0 Å². The molecule has 1 N–H and O–H groups in total. The third-order valence-corrected chi connectivity index (χ3v) is 3.51. The number of aryl methyl sites for hydroxylation is 2. The number of carbonyl (C=O) groups is 1. The van der Waals surface area contributed by atoms with Crippen LogP contribution in [0.15, 0.2) is 36.4 Å². The fourth-order valence-electron chi connectivity index (χ4n) is 1.80.